The molecule has 4 aliphatic rings. The van der Waals surface area contributed by atoms with Crippen molar-refractivity contribution in [1.29, 1.82) is 0 Å². The maximum Gasteiger partial charge on any atom is 0.411 e. The molecule has 1 amide bonds. The zero-order chi connectivity index (χ0) is 21.8. The van der Waals surface area contributed by atoms with E-state index < -0.39 is 6.09 Å². The number of aryl methyl sites for hydroxylation is 1. The number of hydrogen-bond acceptors (Lipinski definition) is 3. The van der Waals surface area contributed by atoms with Gasteiger partial charge in [-0.15, -0.1) is 0 Å². The second-order valence-corrected chi connectivity index (χ2v) is 10.3. The second kappa shape index (κ2) is 7.37. The van der Waals surface area contributed by atoms with Crippen molar-refractivity contribution in [2.24, 2.45) is 11.3 Å². The first-order valence-corrected chi connectivity index (χ1v) is 11.6. The number of amides is 1. The first-order valence-electron chi connectivity index (χ1n) is 11.6. The van der Waals surface area contributed by atoms with E-state index in [-0.39, 0.29) is 17.1 Å². The van der Waals surface area contributed by atoms with Gasteiger partial charge < -0.3 is 9.47 Å². The van der Waals surface area contributed by atoms with Crippen LogP contribution in [-0.2, 0) is 9.47 Å². The highest BCUT2D eigenvalue weighted by molar-refractivity contribution is 5.84. The van der Waals surface area contributed by atoms with Gasteiger partial charge in [0.25, 0.3) is 0 Å². The monoisotopic (exact) mass is 419 g/mol. The van der Waals surface area contributed by atoms with Crippen molar-refractivity contribution in [2.45, 2.75) is 71.5 Å². The molecule has 1 saturated heterocycles. The summed E-state index contributed by atoms with van der Waals surface area (Å²) in [7, 11) is 0. The van der Waals surface area contributed by atoms with Gasteiger partial charge in [0.1, 0.15) is 12.2 Å². The van der Waals surface area contributed by atoms with Crippen molar-refractivity contribution in [3.8, 4) is 0 Å². The highest BCUT2D eigenvalue weighted by Gasteiger charge is 2.64. The van der Waals surface area contributed by atoms with Crippen LogP contribution < -0.4 is 5.32 Å². The van der Waals surface area contributed by atoms with Crippen LogP contribution >= 0.6 is 0 Å². The Morgan fingerprint density at radius 3 is 2.71 bits per heavy atom. The fourth-order valence-corrected chi connectivity index (χ4v) is 5.85. The van der Waals surface area contributed by atoms with E-state index in [0.717, 1.165) is 29.7 Å². The molecule has 0 unspecified atom stereocenters. The lowest BCUT2D eigenvalue weighted by Gasteiger charge is -2.39. The van der Waals surface area contributed by atoms with Crippen LogP contribution in [0.4, 0.5) is 10.5 Å². The summed E-state index contributed by atoms with van der Waals surface area (Å²) in [6.45, 7) is 9.40. The van der Waals surface area contributed by atoms with E-state index in [4.69, 9.17) is 9.47 Å². The van der Waals surface area contributed by atoms with Crippen LogP contribution in [0.3, 0.4) is 0 Å². The zero-order valence-corrected chi connectivity index (χ0v) is 19.1. The maximum atomic E-state index is 12.3. The van der Waals surface area contributed by atoms with Crippen LogP contribution in [0, 0.1) is 18.3 Å². The van der Waals surface area contributed by atoms with E-state index in [1.165, 1.54) is 24.8 Å². The first kappa shape index (κ1) is 20.6. The third-order valence-corrected chi connectivity index (χ3v) is 7.78. The van der Waals surface area contributed by atoms with E-state index in [0.29, 0.717) is 12.5 Å². The topological polar surface area (TPSA) is 50.9 Å². The Bertz CT molecular complexity index is 1000. The van der Waals surface area contributed by atoms with Gasteiger partial charge in [0, 0.05) is 12.1 Å². The van der Waals surface area contributed by atoms with E-state index >= 15 is 0 Å². The maximum absolute atomic E-state index is 12.3. The summed E-state index contributed by atoms with van der Waals surface area (Å²) in [6.07, 6.45) is 9.86. The van der Waals surface area contributed by atoms with Crippen molar-refractivity contribution in [1.82, 2.24) is 0 Å². The third-order valence-electron chi connectivity index (χ3n) is 7.78. The number of nitrogens with one attached hydrogen (secondary N) is 1. The van der Waals surface area contributed by atoms with Gasteiger partial charge in [-0.25, -0.2) is 4.79 Å². The lowest BCUT2D eigenvalue weighted by Crippen LogP contribution is -2.34. The van der Waals surface area contributed by atoms with Crippen molar-refractivity contribution in [3.63, 3.8) is 0 Å². The normalized spacial score (nSPS) is 31.2. The van der Waals surface area contributed by atoms with Crippen LogP contribution in [0.1, 0.15) is 58.4 Å². The molecule has 3 aliphatic carbocycles. The summed E-state index contributed by atoms with van der Waals surface area (Å²) in [5.74, 6) is 0.575. The standard InChI is InChI=1S/C27H33NO3/c1-17(2)21-11-12-26(4)13-14-27-22(24(21)26)10-7-19(15-23(27)31-27)16-30-25(29)28-20-8-5-18(3)6-9-20/h5-10,17,23H,11-16H2,1-4H3,(H,28,29)/t23-,26+,27-/m0/s1. The lowest BCUT2D eigenvalue weighted by atomic mass is 9.64. The van der Waals surface area contributed by atoms with E-state index in [2.05, 4.69) is 38.2 Å². The van der Waals surface area contributed by atoms with Gasteiger partial charge in [0.15, 0.2) is 0 Å². The molecule has 3 atom stereocenters. The Morgan fingerprint density at radius 1 is 1.19 bits per heavy atom. The molecule has 164 valence electrons. The van der Waals surface area contributed by atoms with Crippen molar-refractivity contribution in [2.75, 3.05) is 11.9 Å². The predicted octanol–water partition coefficient (Wildman–Crippen LogP) is 6.48. The van der Waals surface area contributed by atoms with Crippen molar-refractivity contribution in [3.05, 3.63) is 64.3 Å². The van der Waals surface area contributed by atoms with Crippen LogP contribution in [0.5, 0.6) is 0 Å². The molecule has 1 saturated carbocycles. The minimum Gasteiger partial charge on any atom is -0.445 e. The largest absolute Gasteiger partial charge is 0.445 e. The number of fused-ring (bicyclic) bond motifs is 2. The minimum absolute atomic E-state index is 0.109. The number of carbonyl (C=O) groups excluding carboxylic acids is 1. The summed E-state index contributed by atoms with van der Waals surface area (Å²) >= 11 is 0. The molecule has 31 heavy (non-hydrogen) atoms. The first-order chi connectivity index (χ1) is 14.8. The second-order valence-electron chi connectivity index (χ2n) is 10.3. The Balaban J connectivity index is 1.32. The van der Waals surface area contributed by atoms with Gasteiger partial charge in [-0.05, 0) is 72.8 Å². The smallest absolute Gasteiger partial charge is 0.411 e. The van der Waals surface area contributed by atoms with Crippen LogP contribution in [0.25, 0.3) is 0 Å². The molecule has 1 N–H and O–H groups in total. The quantitative estimate of drug-likeness (QED) is 0.568. The number of allylic oxidation sites excluding steroid dienone is 3. The Labute approximate surface area is 185 Å². The van der Waals surface area contributed by atoms with E-state index in [9.17, 15) is 4.79 Å². The van der Waals surface area contributed by atoms with Crippen LogP contribution in [0.2, 0.25) is 0 Å². The molecule has 4 nitrogen and oxygen atoms in total. The zero-order valence-electron chi connectivity index (χ0n) is 19.1. The Morgan fingerprint density at radius 2 is 1.97 bits per heavy atom. The number of benzene rings is 1. The van der Waals surface area contributed by atoms with Gasteiger partial charge >= 0.3 is 6.09 Å². The number of carbonyl (C=O) groups is 1. The molecule has 1 aliphatic heterocycles. The molecule has 1 spiro atoms. The van der Waals surface area contributed by atoms with Gasteiger partial charge in [0.05, 0.1) is 6.10 Å². The molecule has 1 aromatic rings. The molecular weight excluding hydrogens is 386 g/mol. The van der Waals surface area contributed by atoms with Crippen molar-refractivity contribution >= 4 is 11.8 Å². The highest BCUT2D eigenvalue weighted by atomic mass is 16.6. The molecule has 1 aromatic carbocycles. The van der Waals surface area contributed by atoms with Crippen LogP contribution in [-0.4, -0.2) is 24.4 Å². The number of anilines is 1. The minimum atomic E-state index is -0.418. The van der Waals surface area contributed by atoms with Gasteiger partial charge in [-0.3, -0.25) is 5.32 Å². The summed E-state index contributed by atoms with van der Waals surface area (Å²) in [6, 6.07) is 7.71. The third kappa shape index (κ3) is 3.55. The predicted molar refractivity (Wildman–Crippen MR) is 123 cm³/mol. The fourth-order valence-electron chi connectivity index (χ4n) is 5.85. The Kier molecular flexibility index (Phi) is 4.89. The van der Waals surface area contributed by atoms with E-state index in [1.807, 2.05) is 31.2 Å². The average Bonchev–Trinajstić information content (AvgIpc) is 3.33. The average molecular weight is 420 g/mol. The lowest BCUT2D eigenvalue weighted by molar-refractivity contribution is 0.170. The summed E-state index contributed by atoms with van der Waals surface area (Å²) in [5.41, 5.74) is 7.80. The summed E-state index contributed by atoms with van der Waals surface area (Å²) in [5, 5.41) is 2.81. The number of hydrogen-bond donors (Lipinski definition) is 1. The number of ether oxygens (including phenoxy) is 2. The fraction of sp³-hybridized carbons (Fsp3) is 0.519. The summed E-state index contributed by atoms with van der Waals surface area (Å²) < 4.78 is 11.9. The molecular formula is C27H33NO3. The summed E-state index contributed by atoms with van der Waals surface area (Å²) in [4.78, 5) is 12.3. The number of epoxide rings is 1. The van der Waals surface area contributed by atoms with Gasteiger partial charge in [-0.1, -0.05) is 56.2 Å². The number of rotatable bonds is 4. The van der Waals surface area contributed by atoms with Gasteiger partial charge in [0.2, 0.25) is 0 Å². The van der Waals surface area contributed by atoms with E-state index in [1.54, 1.807) is 11.1 Å². The van der Waals surface area contributed by atoms with Crippen molar-refractivity contribution < 1.29 is 14.3 Å². The molecule has 1 heterocycles. The molecule has 0 bridgehead atoms. The molecule has 2 fully saturated rings. The Hall–Kier alpha value is -2.33. The van der Waals surface area contributed by atoms with Crippen LogP contribution in [0.15, 0.2) is 58.7 Å². The molecule has 0 radical (unpaired) electrons. The molecule has 4 heteroatoms. The molecule has 0 aromatic heterocycles. The molecule has 5 rings (SSSR count). The highest BCUT2D eigenvalue weighted by Crippen LogP contribution is 2.65. The SMILES string of the molecule is Cc1ccc(NC(=O)OCC2=CC=C3C4=C(C(C)C)CC[C@]4(C)CC[C@]34O[C@H]4C2)cc1. The van der Waals surface area contributed by atoms with Gasteiger partial charge in [-0.2, -0.15) is 0 Å².